The van der Waals surface area contributed by atoms with Crippen LogP contribution >= 0.6 is 0 Å². The number of rotatable bonds is 5. The lowest BCUT2D eigenvalue weighted by molar-refractivity contribution is -0.262. The van der Waals surface area contributed by atoms with Gasteiger partial charge in [0, 0.05) is 11.8 Å². The maximum atomic E-state index is 11.5. The fourth-order valence-corrected chi connectivity index (χ4v) is 1.83. The summed E-state index contributed by atoms with van der Waals surface area (Å²) in [5, 5.41) is 34.0. The zero-order valence-electron chi connectivity index (χ0n) is 11.1. The second-order valence-corrected chi connectivity index (χ2v) is 4.30. The molecule has 1 rings (SSSR count). The van der Waals surface area contributed by atoms with Crippen LogP contribution in [0, 0.1) is 0 Å². The summed E-state index contributed by atoms with van der Waals surface area (Å²) in [7, 11) is 0. The molecular formula is C10H16N4O7. The minimum absolute atomic E-state index is 0.536. The van der Waals surface area contributed by atoms with Gasteiger partial charge in [0.25, 0.3) is 0 Å². The van der Waals surface area contributed by atoms with E-state index in [4.69, 9.17) is 20.1 Å². The zero-order valence-corrected chi connectivity index (χ0v) is 11.1. The first-order valence-corrected chi connectivity index (χ1v) is 6.00. The molecule has 0 saturated carbocycles. The molecule has 1 aliphatic rings. The van der Waals surface area contributed by atoms with Crippen LogP contribution in [0.3, 0.4) is 0 Å². The molecule has 118 valence electrons. The Hall–Kier alpha value is -1.91. The second-order valence-electron chi connectivity index (χ2n) is 4.30. The third-order valence-corrected chi connectivity index (χ3v) is 2.77. The van der Waals surface area contributed by atoms with Crippen molar-refractivity contribution in [2.24, 2.45) is 5.11 Å². The van der Waals surface area contributed by atoms with Gasteiger partial charge in [0.1, 0.15) is 30.9 Å². The molecule has 1 aliphatic heterocycles. The SMILES string of the molecule is CC(=O)OC1O[C@H](CO)[C@@H](O)[C@H](O)[C@@H]1NC(=O)CN=[N+]=[N-]. The standard InChI is InChI=1S/C10H16N4O7/c1-4(16)20-10-7(13-6(17)2-12-14-11)9(19)8(18)5(3-15)21-10/h5,7-10,15,18-19H,2-3H2,1H3,(H,13,17)/t5-,7+,8-,9-,10?/m1/s1. The highest BCUT2D eigenvalue weighted by molar-refractivity contribution is 5.78. The normalized spacial score (nSPS) is 31.9. The Morgan fingerprint density at radius 1 is 1.43 bits per heavy atom. The van der Waals surface area contributed by atoms with Crippen molar-refractivity contribution in [3.63, 3.8) is 0 Å². The predicted octanol–water partition coefficient (Wildman–Crippen LogP) is -2.22. The molecule has 0 spiro atoms. The van der Waals surface area contributed by atoms with Crippen molar-refractivity contribution in [3.05, 3.63) is 10.4 Å². The van der Waals surface area contributed by atoms with E-state index < -0.39 is 55.7 Å². The number of aliphatic hydroxyl groups excluding tert-OH is 3. The first kappa shape index (κ1) is 17.1. The smallest absolute Gasteiger partial charge is 0.305 e. The van der Waals surface area contributed by atoms with Crippen molar-refractivity contribution in [1.82, 2.24) is 5.32 Å². The Balaban J connectivity index is 2.85. The largest absolute Gasteiger partial charge is 0.434 e. The number of ether oxygens (including phenoxy) is 2. The van der Waals surface area contributed by atoms with E-state index in [1.165, 1.54) is 0 Å². The van der Waals surface area contributed by atoms with Crippen LogP contribution in [-0.4, -0.2) is 71.0 Å². The van der Waals surface area contributed by atoms with E-state index in [1.54, 1.807) is 0 Å². The van der Waals surface area contributed by atoms with Crippen molar-refractivity contribution in [3.8, 4) is 0 Å². The molecule has 1 heterocycles. The van der Waals surface area contributed by atoms with E-state index in [0.717, 1.165) is 6.92 Å². The van der Waals surface area contributed by atoms with Gasteiger partial charge in [-0.3, -0.25) is 9.59 Å². The summed E-state index contributed by atoms with van der Waals surface area (Å²) in [6.45, 7) is -0.0605. The van der Waals surface area contributed by atoms with Crippen molar-refractivity contribution in [2.75, 3.05) is 13.2 Å². The Labute approximate surface area is 119 Å². The molecular weight excluding hydrogens is 288 g/mol. The van der Waals surface area contributed by atoms with Gasteiger partial charge >= 0.3 is 5.97 Å². The van der Waals surface area contributed by atoms with Crippen LogP contribution in [0.2, 0.25) is 0 Å². The van der Waals surface area contributed by atoms with Gasteiger partial charge in [-0.25, -0.2) is 0 Å². The average molecular weight is 304 g/mol. The van der Waals surface area contributed by atoms with Crippen LogP contribution in [0.1, 0.15) is 6.92 Å². The number of carbonyl (C=O) groups is 2. The van der Waals surface area contributed by atoms with Crippen LogP contribution < -0.4 is 5.32 Å². The average Bonchev–Trinajstić information content (AvgIpc) is 2.43. The van der Waals surface area contributed by atoms with Crippen molar-refractivity contribution in [2.45, 2.75) is 37.6 Å². The van der Waals surface area contributed by atoms with Crippen LogP contribution in [0.5, 0.6) is 0 Å². The van der Waals surface area contributed by atoms with Gasteiger partial charge in [-0.2, -0.15) is 0 Å². The van der Waals surface area contributed by atoms with Crippen LogP contribution in [0.15, 0.2) is 5.11 Å². The van der Waals surface area contributed by atoms with Gasteiger partial charge in [0.2, 0.25) is 12.2 Å². The molecule has 4 N–H and O–H groups in total. The van der Waals surface area contributed by atoms with Gasteiger partial charge in [-0.05, 0) is 5.53 Å². The molecule has 11 heteroatoms. The van der Waals surface area contributed by atoms with E-state index in [0.29, 0.717) is 0 Å². The lowest BCUT2D eigenvalue weighted by Gasteiger charge is -2.41. The molecule has 11 nitrogen and oxygen atoms in total. The fraction of sp³-hybridized carbons (Fsp3) is 0.800. The number of aliphatic hydroxyl groups is 3. The zero-order chi connectivity index (χ0) is 16.0. The summed E-state index contributed by atoms with van der Waals surface area (Å²) in [4.78, 5) is 24.9. The minimum Gasteiger partial charge on any atom is -0.434 e. The second kappa shape index (κ2) is 7.76. The number of nitrogens with one attached hydrogen (secondary N) is 1. The molecule has 1 amide bonds. The fourth-order valence-electron chi connectivity index (χ4n) is 1.83. The number of hydrogen-bond acceptors (Lipinski definition) is 8. The molecule has 21 heavy (non-hydrogen) atoms. The lowest BCUT2D eigenvalue weighted by atomic mass is 9.97. The van der Waals surface area contributed by atoms with Gasteiger partial charge in [-0.15, -0.1) is 0 Å². The maximum absolute atomic E-state index is 11.5. The van der Waals surface area contributed by atoms with E-state index in [-0.39, 0.29) is 0 Å². The van der Waals surface area contributed by atoms with Crippen molar-refractivity contribution < 1.29 is 34.4 Å². The van der Waals surface area contributed by atoms with E-state index >= 15 is 0 Å². The van der Waals surface area contributed by atoms with Gasteiger partial charge < -0.3 is 30.1 Å². The highest BCUT2D eigenvalue weighted by Crippen LogP contribution is 2.22. The molecule has 5 atom stereocenters. The summed E-state index contributed by atoms with van der Waals surface area (Å²) >= 11 is 0. The molecule has 0 aromatic carbocycles. The van der Waals surface area contributed by atoms with Gasteiger partial charge in [0.05, 0.1) is 6.61 Å². The molecule has 0 aromatic heterocycles. The number of esters is 1. The summed E-state index contributed by atoms with van der Waals surface area (Å²) in [6.07, 6.45) is -5.61. The molecule has 0 aromatic rings. The third kappa shape index (κ3) is 4.55. The number of hydrogen-bond donors (Lipinski definition) is 4. The van der Waals surface area contributed by atoms with Gasteiger partial charge in [-0.1, -0.05) is 5.11 Å². The number of azide groups is 1. The van der Waals surface area contributed by atoms with E-state index in [2.05, 4.69) is 15.3 Å². The molecule has 0 radical (unpaired) electrons. The Bertz CT molecular complexity index is 439. The summed E-state index contributed by atoms with van der Waals surface area (Å²) in [5.74, 6) is -1.50. The topological polar surface area (TPSA) is 174 Å². The highest BCUT2D eigenvalue weighted by Gasteiger charge is 2.46. The lowest BCUT2D eigenvalue weighted by Crippen LogP contribution is -2.65. The minimum atomic E-state index is -1.55. The number of nitrogens with zero attached hydrogens (tertiary/aromatic N) is 3. The Morgan fingerprint density at radius 2 is 2.10 bits per heavy atom. The number of carbonyl (C=O) groups excluding carboxylic acids is 2. The van der Waals surface area contributed by atoms with Crippen LogP contribution in [-0.2, 0) is 19.1 Å². The monoisotopic (exact) mass is 304 g/mol. The Morgan fingerprint density at radius 3 is 2.62 bits per heavy atom. The molecule has 1 unspecified atom stereocenters. The summed E-state index contributed by atoms with van der Waals surface area (Å²) < 4.78 is 9.92. The Kier molecular flexibility index (Phi) is 6.34. The molecule has 1 fully saturated rings. The maximum Gasteiger partial charge on any atom is 0.305 e. The quantitative estimate of drug-likeness (QED) is 0.192. The highest BCUT2D eigenvalue weighted by atomic mass is 16.7. The van der Waals surface area contributed by atoms with E-state index in [9.17, 15) is 19.8 Å². The van der Waals surface area contributed by atoms with Crippen LogP contribution in [0.25, 0.3) is 10.4 Å². The summed E-state index contributed by atoms with van der Waals surface area (Å²) in [6, 6.07) is -1.27. The third-order valence-electron chi connectivity index (χ3n) is 2.77. The van der Waals surface area contributed by atoms with Crippen LogP contribution in [0.4, 0.5) is 0 Å². The summed E-state index contributed by atoms with van der Waals surface area (Å²) in [5.41, 5.74) is 8.12. The molecule has 0 aliphatic carbocycles. The number of amides is 1. The van der Waals surface area contributed by atoms with Crippen molar-refractivity contribution >= 4 is 11.9 Å². The molecule has 0 bridgehead atoms. The van der Waals surface area contributed by atoms with Gasteiger partial charge in [0.15, 0.2) is 0 Å². The van der Waals surface area contributed by atoms with E-state index in [1.807, 2.05) is 0 Å². The predicted molar refractivity (Wildman–Crippen MR) is 65.5 cm³/mol. The molecule has 1 saturated heterocycles. The van der Waals surface area contributed by atoms with Crippen molar-refractivity contribution in [1.29, 1.82) is 0 Å². The first-order chi connectivity index (χ1) is 9.90. The first-order valence-electron chi connectivity index (χ1n) is 6.00.